The van der Waals surface area contributed by atoms with Gasteiger partial charge in [-0.3, -0.25) is 9.79 Å². The molecule has 0 aliphatic rings. The Hall–Kier alpha value is -1.84. The van der Waals surface area contributed by atoms with Crippen molar-refractivity contribution in [2.75, 3.05) is 0 Å². The number of nitrogens with zero attached hydrogens (tertiary/aromatic N) is 1. The highest BCUT2D eigenvalue weighted by molar-refractivity contribution is 6.15. The van der Waals surface area contributed by atoms with E-state index in [1.54, 1.807) is 20.0 Å². The molecule has 0 aromatic heterocycles. The Balaban J connectivity index is 5.50. The van der Waals surface area contributed by atoms with Crippen molar-refractivity contribution in [2.45, 2.75) is 27.7 Å². The Bertz CT molecular complexity index is 396. The fraction of sp³-hybridized carbons (Fsp3) is 0.333. The van der Waals surface area contributed by atoms with Crippen molar-refractivity contribution in [3.05, 3.63) is 35.2 Å². The molecule has 0 saturated carbocycles. The highest BCUT2D eigenvalue weighted by atomic mass is 16.1. The van der Waals surface area contributed by atoms with Gasteiger partial charge < -0.3 is 11.5 Å². The predicted octanol–water partition coefficient (Wildman–Crippen LogP) is 1.65. The van der Waals surface area contributed by atoms with Gasteiger partial charge in [0.2, 0.25) is 5.91 Å². The lowest BCUT2D eigenvalue weighted by atomic mass is 10.1. The molecule has 0 spiro atoms. The van der Waals surface area contributed by atoms with Crippen LogP contribution < -0.4 is 11.5 Å². The second-order valence-corrected chi connectivity index (χ2v) is 3.87. The maximum absolute atomic E-state index is 11.0. The molecule has 0 unspecified atom stereocenters. The van der Waals surface area contributed by atoms with Gasteiger partial charge in [-0.25, -0.2) is 0 Å². The first kappa shape index (κ1) is 14.2. The average Bonchev–Trinajstić information content (AvgIpc) is 2.15. The van der Waals surface area contributed by atoms with E-state index in [0.29, 0.717) is 16.9 Å². The first-order valence-electron chi connectivity index (χ1n) is 4.91. The van der Waals surface area contributed by atoms with Crippen molar-refractivity contribution in [1.29, 1.82) is 0 Å². The predicted molar refractivity (Wildman–Crippen MR) is 67.8 cm³/mol. The van der Waals surface area contributed by atoms with E-state index in [9.17, 15) is 4.79 Å². The third-order valence-electron chi connectivity index (χ3n) is 1.88. The van der Waals surface area contributed by atoms with E-state index >= 15 is 0 Å². The minimum absolute atomic E-state index is 0.275. The molecule has 0 rings (SSSR count). The summed E-state index contributed by atoms with van der Waals surface area (Å²) in [6.07, 6.45) is 1.67. The third-order valence-corrected chi connectivity index (χ3v) is 1.88. The summed E-state index contributed by atoms with van der Waals surface area (Å²) in [6.45, 7) is 10.9. The smallest absolute Gasteiger partial charge is 0.246 e. The zero-order valence-electron chi connectivity index (χ0n) is 10.3. The number of nitrogens with two attached hydrogens (primary N) is 2. The van der Waals surface area contributed by atoms with Crippen molar-refractivity contribution in [2.24, 2.45) is 16.5 Å². The lowest BCUT2D eigenvalue weighted by Gasteiger charge is -2.08. The van der Waals surface area contributed by atoms with Crippen LogP contribution in [-0.2, 0) is 4.79 Å². The van der Waals surface area contributed by atoms with Crippen molar-refractivity contribution >= 4 is 11.6 Å². The number of hydrogen-bond acceptors (Lipinski definition) is 3. The molecule has 0 aliphatic heterocycles. The summed E-state index contributed by atoms with van der Waals surface area (Å²) in [5.74, 6) is -0.552. The number of aliphatic imine (C=N–C) groups is 1. The summed E-state index contributed by atoms with van der Waals surface area (Å²) in [5, 5.41) is 0. The third kappa shape index (κ3) is 4.13. The standard InChI is InChI=1S/C12H19N3O/c1-7(2)6-15-11(8(3)4)10(13)9(5)12(14)16/h6H,3,13H2,1-2,4-5H3,(H2,14,16)/b10-9-,15-11?. The molecule has 0 heterocycles. The van der Waals surface area contributed by atoms with E-state index in [1.165, 1.54) is 0 Å². The Labute approximate surface area is 96.4 Å². The largest absolute Gasteiger partial charge is 0.397 e. The van der Waals surface area contributed by atoms with Crippen LogP contribution in [0.25, 0.3) is 0 Å². The van der Waals surface area contributed by atoms with Crippen LogP contribution in [0.15, 0.2) is 40.2 Å². The molecule has 0 aromatic carbocycles. The molecule has 4 N–H and O–H groups in total. The van der Waals surface area contributed by atoms with Gasteiger partial charge in [0, 0.05) is 11.8 Å². The monoisotopic (exact) mass is 221 g/mol. The Morgan fingerprint density at radius 2 is 1.69 bits per heavy atom. The van der Waals surface area contributed by atoms with Gasteiger partial charge in [-0.05, 0) is 33.3 Å². The summed E-state index contributed by atoms with van der Waals surface area (Å²) in [7, 11) is 0. The maximum Gasteiger partial charge on any atom is 0.246 e. The molecule has 1 amide bonds. The SMILES string of the molecule is C=C(C)C(=NC=C(C)C)/C(N)=C(\C)C(N)=O. The van der Waals surface area contributed by atoms with E-state index < -0.39 is 5.91 Å². The van der Waals surface area contributed by atoms with Crippen molar-refractivity contribution in [1.82, 2.24) is 0 Å². The minimum Gasteiger partial charge on any atom is -0.397 e. The van der Waals surface area contributed by atoms with Gasteiger partial charge in [-0.15, -0.1) is 0 Å². The van der Waals surface area contributed by atoms with Crippen LogP contribution in [0.5, 0.6) is 0 Å². The molecular formula is C12H19N3O. The fourth-order valence-electron chi connectivity index (χ4n) is 0.914. The van der Waals surface area contributed by atoms with Crippen molar-refractivity contribution < 1.29 is 4.79 Å². The van der Waals surface area contributed by atoms with Gasteiger partial charge >= 0.3 is 0 Å². The van der Waals surface area contributed by atoms with Crippen LogP contribution in [-0.4, -0.2) is 11.6 Å². The molecule has 0 atom stereocenters. The van der Waals surface area contributed by atoms with Gasteiger partial charge in [0.05, 0.1) is 11.4 Å². The Morgan fingerprint density at radius 1 is 1.19 bits per heavy atom. The molecule has 0 saturated heterocycles. The van der Waals surface area contributed by atoms with Gasteiger partial charge in [0.1, 0.15) is 0 Å². The minimum atomic E-state index is -0.552. The van der Waals surface area contributed by atoms with Crippen LogP contribution in [0.2, 0.25) is 0 Å². The molecule has 4 heteroatoms. The molecule has 16 heavy (non-hydrogen) atoms. The zero-order chi connectivity index (χ0) is 12.9. The molecule has 0 radical (unpaired) electrons. The number of primary amides is 1. The molecule has 0 bridgehead atoms. The van der Waals surface area contributed by atoms with E-state index in [4.69, 9.17) is 11.5 Å². The van der Waals surface area contributed by atoms with Crippen LogP contribution in [0.1, 0.15) is 27.7 Å². The van der Waals surface area contributed by atoms with Crippen LogP contribution in [0, 0.1) is 0 Å². The van der Waals surface area contributed by atoms with E-state index in [2.05, 4.69) is 11.6 Å². The first-order valence-corrected chi connectivity index (χ1v) is 4.91. The molecule has 88 valence electrons. The molecule has 0 aliphatic carbocycles. The lowest BCUT2D eigenvalue weighted by molar-refractivity contribution is -0.114. The number of carbonyl (C=O) groups is 1. The normalized spacial score (nSPS) is 12.9. The van der Waals surface area contributed by atoms with Gasteiger partial charge in [-0.2, -0.15) is 0 Å². The van der Waals surface area contributed by atoms with Crippen LogP contribution >= 0.6 is 0 Å². The Kier molecular flexibility index (Phi) is 5.22. The number of hydrogen-bond donors (Lipinski definition) is 2. The quantitative estimate of drug-likeness (QED) is 0.559. The second kappa shape index (κ2) is 5.90. The second-order valence-electron chi connectivity index (χ2n) is 3.87. The fourth-order valence-corrected chi connectivity index (χ4v) is 0.914. The summed E-state index contributed by atoms with van der Waals surface area (Å²) >= 11 is 0. The molecule has 0 aromatic rings. The molecular weight excluding hydrogens is 202 g/mol. The summed E-state index contributed by atoms with van der Waals surface area (Å²) in [6, 6.07) is 0. The maximum atomic E-state index is 11.0. The topological polar surface area (TPSA) is 81.5 Å². The molecule has 0 fully saturated rings. The summed E-state index contributed by atoms with van der Waals surface area (Å²) < 4.78 is 0. The molecule has 4 nitrogen and oxygen atoms in total. The Morgan fingerprint density at radius 3 is 2.00 bits per heavy atom. The number of carbonyl (C=O) groups excluding carboxylic acids is 1. The van der Waals surface area contributed by atoms with Gasteiger partial charge in [0.25, 0.3) is 0 Å². The van der Waals surface area contributed by atoms with Crippen LogP contribution in [0.4, 0.5) is 0 Å². The van der Waals surface area contributed by atoms with E-state index in [1.807, 2.05) is 13.8 Å². The number of allylic oxidation sites excluding steroid dienone is 2. The van der Waals surface area contributed by atoms with E-state index in [-0.39, 0.29) is 5.70 Å². The first-order chi connectivity index (χ1) is 7.27. The summed E-state index contributed by atoms with van der Waals surface area (Å²) in [5.41, 5.74) is 13.8. The zero-order valence-corrected chi connectivity index (χ0v) is 10.3. The van der Waals surface area contributed by atoms with Crippen LogP contribution in [0.3, 0.4) is 0 Å². The number of rotatable bonds is 4. The van der Waals surface area contributed by atoms with Gasteiger partial charge in [-0.1, -0.05) is 12.2 Å². The number of amides is 1. The van der Waals surface area contributed by atoms with Gasteiger partial charge in [0.15, 0.2) is 0 Å². The highest BCUT2D eigenvalue weighted by Gasteiger charge is 2.10. The van der Waals surface area contributed by atoms with Crippen molar-refractivity contribution in [3.8, 4) is 0 Å². The lowest BCUT2D eigenvalue weighted by Crippen LogP contribution is -2.22. The van der Waals surface area contributed by atoms with Crippen molar-refractivity contribution in [3.63, 3.8) is 0 Å². The highest BCUT2D eigenvalue weighted by Crippen LogP contribution is 2.07. The average molecular weight is 221 g/mol. The summed E-state index contributed by atoms with van der Waals surface area (Å²) in [4.78, 5) is 15.2. The van der Waals surface area contributed by atoms with E-state index in [0.717, 1.165) is 5.57 Å².